The summed E-state index contributed by atoms with van der Waals surface area (Å²) >= 11 is 0. The third kappa shape index (κ3) is 3.53. The van der Waals surface area contributed by atoms with Crippen molar-refractivity contribution in [3.63, 3.8) is 0 Å². The normalized spacial score (nSPS) is 15.4. The van der Waals surface area contributed by atoms with Gasteiger partial charge in [0.1, 0.15) is 17.3 Å². The van der Waals surface area contributed by atoms with Crippen molar-refractivity contribution in [2.75, 3.05) is 38.2 Å². The highest BCUT2D eigenvalue weighted by Gasteiger charge is 2.28. The van der Waals surface area contributed by atoms with E-state index in [0.29, 0.717) is 37.1 Å². The van der Waals surface area contributed by atoms with Crippen molar-refractivity contribution in [1.29, 1.82) is 0 Å². The number of carbonyl (C=O) groups is 1. The van der Waals surface area contributed by atoms with Crippen LogP contribution in [0.3, 0.4) is 0 Å². The lowest BCUT2D eigenvalue weighted by atomic mass is 10.2. The van der Waals surface area contributed by atoms with Crippen LogP contribution in [-0.4, -0.2) is 59.1 Å². The van der Waals surface area contributed by atoms with Crippen LogP contribution in [0.4, 0.5) is 5.69 Å². The molecule has 1 aliphatic heterocycles. The molecule has 29 heavy (non-hydrogen) atoms. The smallest absolute Gasteiger partial charge is 0.278 e. The second-order valence-electron chi connectivity index (χ2n) is 7.02. The Kier molecular flexibility index (Phi) is 5.16. The molecule has 1 saturated heterocycles. The molecule has 1 amide bonds. The van der Waals surface area contributed by atoms with Gasteiger partial charge in [-0.3, -0.25) is 9.59 Å². The first-order chi connectivity index (χ1) is 14.1. The number of carbonyl (C=O) groups excluding carboxylic acids is 1. The summed E-state index contributed by atoms with van der Waals surface area (Å²) in [5, 5.41) is 8.53. The number of rotatable bonds is 4. The average molecular weight is 393 g/mol. The van der Waals surface area contributed by atoms with E-state index in [1.807, 2.05) is 24.3 Å². The lowest BCUT2D eigenvalue weighted by Gasteiger charge is -2.37. The lowest BCUT2D eigenvalue weighted by Crippen LogP contribution is -2.51. The fraction of sp³-hybridized carbons (Fsp3) is 0.333. The van der Waals surface area contributed by atoms with Gasteiger partial charge in [-0.2, -0.15) is 4.68 Å². The molecule has 1 unspecified atom stereocenters. The van der Waals surface area contributed by atoms with Gasteiger partial charge in [-0.15, -0.1) is 5.10 Å². The largest absolute Gasteiger partial charge is 0.495 e. The van der Waals surface area contributed by atoms with Crippen molar-refractivity contribution in [2.45, 2.75) is 13.0 Å². The van der Waals surface area contributed by atoms with Crippen molar-refractivity contribution < 1.29 is 9.53 Å². The van der Waals surface area contributed by atoms with Crippen LogP contribution in [0.15, 0.2) is 53.3 Å². The second kappa shape index (κ2) is 7.90. The van der Waals surface area contributed by atoms with E-state index in [-0.39, 0.29) is 11.5 Å². The number of hydrogen-bond acceptors (Lipinski definition) is 6. The van der Waals surface area contributed by atoms with E-state index in [1.54, 1.807) is 43.2 Å². The van der Waals surface area contributed by atoms with Gasteiger partial charge >= 0.3 is 0 Å². The molecule has 4 rings (SSSR count). The Labute approximate surface area is 168 Å². The van der Waals surface area contributed by atoms with Gasteiger partial charge in [0.15, 0.2) is 0 Å². The van der Waals surface area contributed by atoms with Crippen LogP contribution >= 0.6 is 0 Å². The highest BCUT2D eigenvalue weighted by Crippen LogP contribution is 2.28. The van der Waals surface area contributed by atoms with E-state index in [4.69, 9.17) is 4.74 Å². The first-order valence-electron chi connectivity index (χ1n) is 9.61. The second-order valence-corrected chi connectivity index (χ2v) is 7.02. The summed E-state index contributed by atoms with van der Waals surface area (Å²) in [6.07, 6.45) is 0. The first kappa shape index (κ1) is 18.9. The van der Waals surface area contributed by atoms with E-state index in [9.17, 15) is 9.59 Å². The number of aromatic nitrogens is 3. The molecule has 150 valence electrons. The number of fused-ring (bicyclic) bond motifs is 1. The maximum absolute atomic E-state index is 13.0. The van der Waals surface area contributed by atoms with Crippen LogP contribution in [0.5, 0.6) is 5.75 Å². The Morgan fingerprint density at radius 2 is 1.72 bits per heavy atom. The van der Waals surface area contributed by atoms with Crippen LogP contribution in [-0.2, 0) is 4.79 Å². The molecule has 1 fully saturated rings. The Morgan fingerprint density at radius 1 is 1.03 bits per heavy atom. The van der Waals surface area contributed by atoms with Crippen LogP contribution in [0.25, 0.3) is 10.9 Å². The van der Waals surface area contributed by atoms with Crippen molar-refractivity contribution in [3.05, 3.63) is 58.9 Å². The Hall–Kier alpha value is -3.42. The number of benzene rings is 2. The van der Waals surface area contributed by atoms with Gasteiger partial charge in [-0.1, -0.05) is 29.5 Å². The number of methoxy groups -OCH3 is 1. The molecule has 0 N–H and O–H groups in total. The molecule has 1 atom stereocenters. The number of amides is 1. The predicted octanol–water partition coefficient (Wildman–Crippen LogP) is 1.71. The minimum atomic E-state index is -0.711. The van der Waals surface area contributed by atoms with E-state index in [2.05, 4.69) is 15.2 Å². The molecule has 1 aromatic heterocycles. The van der Waals surface area contributed by atoms with Crippen molar-refractivity contribution in [2.24, 2.45) is 0 Å². The van der Waals surface area contributed by atoms with Crippen LogP contribution in [0, 0.1) is 0 Å². The summed E-state index contributed by atoms with van der Waals surface area (Å²) < 4.78 is 6.62. The highest BCUT2D eigenvalue weighted by molar-refractivity contribution is 5.81. The van der Waals surface area contributed by atoms with E-state index in [0.717, 1.165) is 11.4 Å². The third-order valence-electron chi connectivity index (χ3n) is 5.33. The fourth-order valence-electron chi connectivity index (χ4n) is 3.68. The van der Waals surface area contributed by atoms with E-state index in [1.165, 1.54) is 4.68 Å². The number of anilines is 1. The quantitative estimate of drug-likeness (QED) is 0.671. The molecule has 0 bridgehead atoms. The van der Waals surface area contributed by atoms with Crippen molar-refractivity contribution in [1.82, 2.24) is 19.9 Å². The van der Waals surface area contributed by atoms with Gasteiger partial charge in [0.2, 0.25) is 5.91 Å². The lowest BCUT2D eigenvalue weighted by molar-refractivity contribution is -0.135. The molecule has 2 aromatic carbocycles. The molecule has 0 saturated carbocycles. The number of hydrogen-bond donors (Lipinski definition) is 0. The van der Waals surface area contributed by atoms with Gasteiger partial charge in [0.25, 0.3) is 5.56 Å². The summed E-state index contributed by atoms with van der Waals surface area (Å²) in [7, 11) is 1.66. The molecule has 2 heterocycles. The van der Waals surface area contributed by atoms with E-state index < -0.39 is 6.04 Å². The average Bonchev–Trinajstić information content (AvgIpc) is 2.78. The molecule has 1 aliphatic rings. The Bertz CT molecular complexity index is 1090. The summed E-state index contributed by atoms with van der Waals surface area (Å²) in [5.41, 5.74) is 1.25. The first-order valence-corrected chi connectivity index (χ1v) is 9.61. The monoisotopic (exact) mass is 393 g/mol. The van der Waals surface area contributed by atoms with Crippen molar-refractivity contribution >= 4 is 22.5 Å². The topological polar surface area (TPSA) is 80.6 Å². The minimum absolute atomic E-state index is 0.128. The SMILES string of the molecule is COc1ccccc1N1CCN(C(=O)C(C)n2nnc3ccccc3c2=O)CC1. The zero-order valence-corrected chi connectivity index (χ0v) is 16.5. The standard InChI is InChI=1S/C21H23N5O3/c1-15(26-21(28)16-7-3-4-8-17(16)22-23-26)20(27)25-13-11-24(12-14-25)18-9-5-6-10-19(18)29-2/h3-10,15H,11-14H2,1-2H3. The number of nitrogens with zero attached hydrogens (tertiary/aromatic N) is 5. The molecule has 8 nitrogen and oxygen atoms in total. The fourth-order valence-corrected chi connectivity index (χ4v) is 3.68. The van der Waals surface area contributed by atoms with Crippen LogP contribution < -0.4 is 15.2 Å². The minimum Gasteiger partial charge on any atom is -0.495 e. The van der Waals surface area contributed by atoms with Gasteiger partial charge in [-0.05, 0) is 31.2 Å². The third-order valence-corrected chi connectivity index (χ3v) is 5.33. The molecular weight excluding hydrogens is 370 g/mol. The number of piperazine rings is 1. The zero-order valence-electron chi connectivity index (χ0n) is 16.5. The number of ether oxygens (including phenoxy) is 1. The summed E-state index contributed by atoms with van der Waals surface area (Å²) in [4.78, 5) is 29.7. The van der Waals surface area contributed by atoms with Gasteiger partial charge in [0.05, 0.1) is 18.2 Å². The van der Waals surface area contributed by atoms with Gasteiger partial charge < -0.3 is 14.5 Å². The highest BCUT2D eigenvalue weighted by atomic mass is 16.5. The van der Waals surface area contributed by atoms with Gasteiger partial charge in [0, 0.05) is 26.2 Å². The van der Waals surface area contributed by atoms with Crippen LogP contribution in [0.1, 0.15) is 13.0 Å². The molecule has 0 aliphatic carbocycles. The zero-order chi connectivity index (χ0) is 20.4. The van der Waals surface area contributed by atoms with Crippen LogP contribution in [0.2, 0.25) is 0 Å². The maximum atomic E-state index is 13.0. The Balaban J connectivity index is 1.48. The summed E-state index contributed by atoms with van der Waals surface area (Å²) in [6, 6.07) is 14.2. The predicted molar refractivity (Wildman–Crippen MR) is 110 cm³/mol. The molecule has 0 spiro atoms. The Morgan fingerprint density at radius 3 is 2.48 bits per heavy atom. The number of para-hydroxylation sites is 2. The van der Waals surface area contributed by atoms with Gasteiger partial charge in [-0.25, -0.2) is 0 Å². The molecule has 0 radical (unpaired) electrons. The molecule has 8 heteroatoms. The van der Waals surface area contributed by atoms with E-state index >= 15 is 0 Å². The van der Waals surface area contributed by atoms with Crippen molar-refractivity contribution in [3.8, 4) is 5.75 Å². The molecule has 3 aromatic rings. The summed E-state index contributed by atoms with van der Waals surface area (Å²) in [5.74, 6) is 0.690. The summed E-state index contributed by atoms with van der Waals surface area (Å²) in [6.45, 7) is 4.21. The molecular formula is C21H23N5O3. The maximum Gasteiger partial charge on any atom is 0.278 e.